The van der Waals surface area contributed by atoms with Gasteiger partial charge in [0.2, 0.25) is 5.89 Å². The normalized spacial score (nSPS) is 17.2. The Morgan fingerprint density at radius 1 is 1.29 bits per heavy atom. The highest BCUT2D eigenvalue weighted by Gasteiger charge is 2.33. The molecule has 7 nitrogen and oxygen atoms in total. The molecule has 1 aromatic heterocycles. The van der Waals surface area contributed by atoms with Crippen LogP contribution in [0.3, 0.4) is 0 Å². The van der Waals surface area contributed by atoms with E-state index < -0.39 is 0 Å². The molecule has 0 spiro atoms. The van der Waals surface area contributed by atoms with Gasteiger partial charge in [-0.1, -0.05) is 18.0 Å². The molecule has 0 saturated heterocycles. The first-order valence-electron chi connectivity index (χ1n) is 9.06. The Kier molecular flexibility index (Phi) is 7.49. The molecule has 1 aliphatic rings. The average molecular weight is 337 g/mol. The molecule has 1 saturated carbocycles. The molecule has 7 heteroatoms. The summed E-state index contributed by atoms with van der Waals surface area (Å²) in [6, 6.07) is 0. The van der Waals surface area contributed by atoms with Crippen molar-refractivity contribution in [3.8, 4) is 0 Å². The van der Waals surface area contributed by atoms with Crippen molar-refractivity contribution in [3.63, 3.8) is 0 Å². The zero-order chi connectivity index (χ0) is 17.3. The van der Waals surface area contributed by atoms with Gasteiger partial charge < -0.3 is 19.9 Å². The average Bonchev–Trinajstić information content (AvgIpc) is 3.20. The first-order valence-corrected chi connectivity index (χ1v) is 9.06. The molecule has 0 radical (unpaired) electrons. The Morgan fingerprint density at radius 2 is 2.08 bits per heavy atom. The minimum Gasteiger partial charge on any atom is -0.382 e. The van der Waals surface area contributed by atoms with Crippen LogP contribution >= 0.6 is 0 Å². The first kappa shape index (κ1) is 18.7. The monoisotopic (exact) mass is 337 g/mol. The molecule has 0 aromatic carbocycles. The number of hydrogen-bond donors (Lipinski definition) is 2. The first-order chi connectivity index (χ1) is 11.7. The maximum Gasteiger partial charge on any atom is 0.248 e. The molecule has 24 heavy (non-hydrogen) atoms. The largest absolute Gasteiger partial charge is 0.382 e. The van der Waals surface area contributed by atoms with Gasteiger partial charge in [0.15, 0.2) is 11.8 Å². The van der Waals surface area contributed by atoms with Crippen LogP contribution in [0.4, 0.5) is 0 Å². The Bertz CT molecular complexity index is 509. The molecule has 0 amide bonds. The van der Waals surface area contributed by atoms with Crippen molar-refractivity contribution in [1.29, 1.82) is 0 Å². The van der Waals surface area contributed by atoms with Gasteiger partial charge in [-0.2, -0.15) is 4.98 Å². The second-order valence-corrected chi connectivity index (χ2v) is 6.44. The Morgan fingerprint density at radius 3 is 2.71 bits per heavy atom. The summed E-state index contributed by atoms with van der Waals surface area (Å²) in [4.78, 5) is 8.74. The summed E-state index contributed by atoms with van der Waals surface area (Å²) in [6.07, 6.45) is 6.24. The van der Waals surface area contributed by atoms with E-state index in [1.165, 1.54) is 25.7 Å². The number of hydrogen-bond acceptors (Lipinski definition) is 5. The molecule has 136 valence electrons. The maximum atomic E-state index is 5.58. The smallest absolute Gasteiger partial charge is 0.248 e. The predicted molar refractivity (Wildman–Crippen MR) is 93.9 cm³/mol. The highest BCUT2D eigenvalue weighted by atomic mass is 16.5. The van der Waals surface area contributed by atoms with Gasteiger partial charge in [0.05, 0.1) is 0 Å². The predicted octanol–water partition coefficient (Wildman–Crippen LogP) is 2.42. The molecule has 2 rings (SSSR count). The molecule has 2 N–H and O–H groups in total. The van der Waals surface area contributed by atoms with Gasteiger partial charge in [0.1, 0.15) is 6.54 Å². The van der Waals surface area contributed by atoms with Gasteiger partial charge >= 0.3 is 0 Å². The molecule has 0 aliphatic heterocycles. The highest BCUT2D eigenvalue weighted by molar-refractivity contribution is 5.79. The van der Waals surface area contributed by atoms with Crippen LogP contribution in [0, 0.1) is 12.3 Å². The highest BCUT2D eigenvalue weighted by Crippen LogP contribution is 2.40. The Hall–Kier alpha value is -1.63. The summed E-state index contributed by atoms with van der Waals surface area (Å²) < 4.78 is 10.7. The topological polar surface area (TPSA) is 84.6 Å². The van der Waals surface area contributed by atoms with E-state index in [4.69, 9.17) is 9.26 Å². The van der Waals surface area contributed by atoms with Crippen LogP contribution in [0.1, 0.15) is 57.7 Å². The van der Waals surface area contributed by atoms with Crippen LogP contribution in [-0.4, -0.2) is 42.4 Å². The molecule has 0 atom stereocenters. The van der Waals surface area contributed by atoms with Crippen LogP contribution in [-0.2, 0) is 11.3 Å². The van der Waals surface area contributed by atoms with E-state index in [1.54, 1.807) is 0 Å². The van der Waals surface area contributed by atoms with Crippen LogP contribution in [0.15, 0.2) is 9.52 Å². The molecule has 1 fully saturated rings. The number of ether oxygens (including phenoxy) is 1. The zero-order valence-electron chi connectivity index (χ0n) is 15.2. The molecule has 0 bridgehead atoms. The van der Waals surface area contributed by atoms with Crippen molar-refractivity contribution in [2.24, 2.45) is 10.4 Å². The molecular formula is C17H31N5O2. The van der Waals surface area contributed by atoms with Crippen molar-refractivity contribution >= 4 is 5.96 Å². The minimum atomic E-state index is 0.326. The SMILES string of the molecule is CCNC(=NCc1nc(C)no1)NCC1(CCOCC)CCCC1. The number of aromatic nitrogens is 2. The fraction of sp³-hybridized carbons (Fsp3) is 0.824. The van der Waals surface area contributed by atoms with Crippen molar-refractivity contribution in [2.75, 3.05) is 26.3 Å². The van der Waals surface area contributed by atoms with Gasteiger partial charge in [0, 0.05) is 26.3 Å². The maximum absolute atomic E-state index is 5.58. The third-order valence-corrected chi connectivity index (χ3v) is 4.56. The molecule has 1 aliphatic carbocycles. The van der Waals surface area contributed by atoms with Crippen LogP contribution in [0.25, 0.3) is 0 Å². The summed E-state index contributed by atoms with van der Waals surface area (Å²) in [5, 5.41) is 10.6. The van der Waals surface area contributed by atoms with Gasteiger partial charge in [0.25, 0.3) is 0 Å². The van der Waals surface area contributed by atoms with Crippen molar-refractivity contribution in [1.82, 2.24) is 20.8 Å². The Labute approximate surface area is 144 Å². The quantitative estimate of drug-likeness (QED) is 0.409. The molecule has 1 heterocycles. The summed E-state index contributed by atoms with van der Waals surface area (Å²) in [7, 11) is 0. The van der Waals surface area contributed by atoms with E-state index in [9.17, 15) is 0 Å². The van der Waals surface area contributed by atoms with Crippen molar-refractivity contribution in [2.45, 2.75) is 59.4 Å². The molecule has 0 unspecified atom stereocenters. The number of rotatable bonds is 9. The summed E-state index contributed by atoms with van der Waals surface area (Å²) >= 11 is 0. The third-order valence-electron chi connectivity index (χ3n) is 4.56. The van der Waals surface area contributed by atoms with Crippen LogP contribution in [0.5, 0.6) is 0 Å². The lowest BCUT2D eigenvalue weighted by atomic mass is 9.83. The number of aliphatic imine (C=N–C) groups is 1. The standard InChI is InChI=1S/C17H31N5O2/c1-4-18-16(19-12-15-21-14(3)22-24-15)20-13-17(8-6-7-9-17)10-11-23-5-2/h4-13H2,1-3H3,(H2,18,19,20). The number of guanidine groups is 1. The van der Waals surface area contributed by atoms with Gasteiger partial charge in [-0.25, -0.2) is 4.99 Å². The van der Waals surface area contributed by atoms with E-state index in [1.807, 2.05) is 6.92 Å². The van der Waals surface area contributed by atoms with Gasteiger partial charge in [-0.3, -0.25) is 0 Å². The van der Waals surface area contributed by atoms with E-state index in [0.717, 1.165) is 38.7 Å². The summed E-state index contributed by atoms with van der Waals surface area (Å²) in [5.41, 5.74) is 0.326. The number of aryl methyl sites for hydroxylation is 1. The van der Waals surface area contributed by atoms with E-state index in [2.05, 4.69) is 39.6 Å². The Balaban J connectivity index is 1.90. The molecular weight excluding hydrogens is 306 g/mol. The van der Waals surface area contributed by atoms with Crippen molar-refractivity contribution in [3.05, 3.63) is 11.7 Å². The fourth-order valence-corrected chi connectivity index (χ4v) is 3.24. The van der Waals surface area contributed by atoms with Crippen LogP contribution < -0.4 is 10.6 Å². The fourth-order valence-electron chi connectivity index (χ4n) is 3.24. The van der Waals surface area contributed by atoms with Crippen LogP contribution in [0.2, 0.25) is 0 Å². The third kappa shape index (κ3) is 5.78. The summed E-state index contributed by atoms with van der Waals surface area (Å²) in [5.74, 6) is 1.98. The summed E-state index contributed by atoms with van der Waals surface area (Å²) in [6.45, 7) is 9.69. The van der Waals surface area contributed by atoms with Gasteiger partial charge in [-0.15, -0.1) is 0 Å². The minimum absolute atomic E-state index is 0.326. The lowest BCUT2D eigenvalue weighted by molar-refractivity contribution is 0.105. The van der Waals surface area contributed by atoms with E-state index >= 15 is 0 Å². The second kappa shape index (κ2) is 9.61. The zero-order valence-corrected chi connectivity index (χ0v) is 15.2. The lowest BCUT2D eigenvalue weighted by Crippen LogP contribution is -2.43. The number of nitrogens with one attached hydrogen (secondary N) is 2. The van der Waals surface area contributed by atoms with Crippen molar-refractivity contribution < 1.29 is 9.26 Å². The lowest BCUT2D eigenvalue weighted by Gasteiger charge is -2.30. The second-order valence-electron chi connectivity index (χ2n) is 6.44. The molecule has 1 aromatic rings. The van der Waals surface area contributed by atoms with E-state index in [-0.39, 0.29) is 0 Å². The van der Waals surface area contributed by atoms with E-state index in [0.29, 0.717) is 23.7 Å². The number of nitrogens with zero attached hydrogens (tertiary/aromatic N) is 3. The van der Waals surface area contributed by atoms with Gasteiger partial charge in [-0.05, 0) is 45.4 Å².